The summed E-state index contributed by atoms with van der Waals surface area (Å²) in [6.07, 6.45) is 1.52. The fourth-order valence-electron chi connectivity index (χ4n) is 3.45. The minimum absolute atomic E-state index is 0.0223. The number of thioether (sulfide) groups is 1. The zero-order valence-corrected chi connectivity index (χ0v) is 22.8. The number of rotatable bonds is 9. The molecule has 0 aliphatic rings. The molecule has 3 N–H and O–H groups in total. The second kappa shape index (κ2) is 13.7. The summed E-state index contributed by atoms with van der Waals surface area (Å²) in [6.45, 7) is 0. The molecule has 0 aliphatic heterocycles. The molecule has 39 heavy (non-hydrogen) atoms. The predicted octanol–water partition coefficient (Wildman–Crippen LogP) is 7.13. The van der Waals surface area contributed by atoms with Crippen LogP contribution in [0.3, 0.4) is 0 Å². The van der Waals surface area contributed by atoms with Crippen molar-refractivity contribution >= 4 is 70.1 Å². The van der Waals surface area contributed by atoms with E-state index in [4.69, 9.17) is 23.2 Å². The molecule has 3 amide bonds. The van der Waals surface area contributed by atoms with Crippen molar-refractivity contribution in [3.05, 3.63) is 130 Å². The molecule has 4 rings (SSSR count). The zero-order valence-electron chi connectivity index (χ0n) is 20.5. The topological polar surface area (TPSA) is 87.3 Å². The van der Waals surface area contributed by atoms with Crippen molar-refractivity contribution in [2.24, 2.45) is 0 Å². The van der Waals surface area contributed by atoms with Crippen LogP contribution in [0.1, 0.15) is 15.9 Å². The van der Waals surface area contributed by atoms with Gasteiger partial charge in [0.05, 0.1) is 16.5 Å². The van der Waals surface area contributed by atoms with Gasteiger partial charge in [-0.05, 0) is 60.2 Å². The zero-order chi connectivity index (χ0) is 27.6. The van der Waals surface area contributed by atoms with Crippen LogP contribution in [0, 0.1) is 0 Å². The number of anilines is 2. The first kappa shape index (κ1) is 28.0. The van der Waals surface area contributed by atoms with Gasteiger partial charge >= 0.3 is 0 Å². The maximum Gasteiger partial charge on any atom is 0.272 e. The van der Waals surface area contributed by atoms with Gasteiger partial charge in [-0.2, -0.15) is 0 Å². The van der Waals surface area contributed by atoms with Gasteiger partial charge in [0.25, 0.3) is 11.8 Å². The smallest absolute Gasteiger partial charge is 0.272 e. The summed E-state index contributed by atoms with van der Waals surface area (Å²) < 4.78 is 0. The third-order valence-corrected chi connectivity index (χ3v) is 7.01. The molecular weight excluding hydrogens is 553 g/mol. The summed E-state index contributed by atoms with van der Waals surface area (Å²) in [7, 11) is 0. The fourth-order valence-corrected chi connectivity index (χ4v) is 4.58. The van der Waals surface area contributed by atoms with Crippen molar-refractivity contribution in [1.82, 2.24) is 5.32 Å². The van der Waals surface area contributed by atoms with Crippen LogP contribution in [-0.2, 0) is 9.59 Å². The molecule has 0 saturated carbocycles. The highest BCUT2D eigenvalue weighted by atomic mass is 35.5. The molecule has 0 heterocycles. The number of nitrogens with one attached hydrogen (secondary N) is 3. The third-order valence-electron chi connectivity index (χ3n) is 5.34. The van der Waals surface area contributed by atoms with Gasteiger partial charge in [0.2, 0.25) is 5.91 Å². The maximum atomic E-state index is 13.3. The van der Waals surface area contributed by atoms with Gasteiger partial charge in [-0.25, -0.2) is 0 Å². The Morgan fingerprint density at radius 1 is 0.744 bits per heavy atom. The molecule has 0 fully saturated rings. The predicted molar refractivity (Wildman–Crippen MR) is 159 cm³/mol. The SMILES string of the molecule is O=C(CSc1cccc(NC(=O)/C(=C\c2ccccc2Cl)NC(=O)c2ccccc2)c1)Nc1ccccc1Cl. The molecule has 0 spiro atoms. The second-order valence-corrected chi connectivity index (χ2v) is 10.1. The minimum Gasteiger partial charge on any atom is -0.324 e. The number of halogens is 2. The molecule has 4 aromatic carbocycles. The van der Waals surface area contributed by atoms with Crippen molar-refractivity contribution in [2.45, 2.75) is 4.90 Å². The van der Waals surface area contributed by atoms with E-state index >= 15 is 0 Å². The van der Waals surface area contributed by atoms with Gasteiger partial charge in [-0.1, -0.05) is 77.8 Å². The van der Waals surface area contributed by atoms with Crippen molar-refractivity contribution in [2.75, 3.05) is 16.4 Å². The molecule has 9 heteroatoms. The van der Waals surface area contributed by atoms with Gasteiger partial charge in [0.15, 0.2) is 0 Å². The Labute approximate surface area is 240 Å². The summed E-state index contributed by atoms with van der Waals surface area (Å²) in [6, 6.07) is 29.7. The van der Waals surface area contributed by atoms with Crippen molar-refractivity contribution < 1.29 is 14.4 Å². The molecular formula is C30H23Cl2N3O3S. The molecule has 0 unspecified atom stereocenters. The number of hydrogen-bond donors (Lipinski definition) is 3. The first-order chi connectivity index (χ1) is 18.9. The number of carbonyl (C=O) groups excluding carboxylic acids is 3. The summed E-state index contributed by atoms with van der Waals surface area (Å²) in [5.74, 6) is -1.03. The Balaban J connectivity index is 1.46. The van der Waals surface area contributed by atoms with E-state index in [2.05, 4.69) is 16.0 Å². The highest BCUT2D eigenvalue weighted by Gasteiger charge is 2.16. The third kappa shape index (κ3) is 8.22. The van der Waals surface area contributed by atoms with E-state index in [0.29, 0.717) is 32.5 Å². The van der Waals surface area contributed by atoms with Crippen LogP contribution in [0.5, 0.6) is 0 Å². The minimum atomic E-state index is -0.530. The van der Waals surface area contributed by atoms with Crippen LogP contribution < -0.4 is 16.0 Å². The highest BCUT2D eigenvalue weighted by Crippen LogP contribution is 2.25. The van der Waals surface area contributed by atoms with Crippen LogP contribution in [0.15, 0.2) is 114 Å². The number of amides is 3. The lowest BCUT2D eigenvalue weighted by molar-refractivity contribution is -0.114. The van der Waals surface area contributed by atoms with E-state index in [0.717, 1.165) is 4.90 Å². The van der Waals surface area contributed by atoms with Crippen molar-refractivity contribution in [3.8, 4) is 0 Å². The lowest BCUT2D eigenvalue weighted by atomic mass is 10.1. The normalized spacial score (nSPS) is 11.0. The standard InChI is InChI=1S/C30H23Cl2N3O3S/c31-24-14-5-4-11-21(24)17-27(35-29(37)20-9-2-1-3-10-20)30(38)33-22-12-8-13-23(18-22)39-19-28(36)34-26-16-7-6-15-25(26)32/h1-18H,19H2,(H,33,38)(H,34,36)(H,35,37)/b27-17+. The van der Waals surface area contributed by atoms with E-state index in [1.54, 1.807) is 97.1 Å². The lowest BCUT2D eigenvalue weighted by Gasteiger charge is -2.12. The van der Waals surface area contributed by atoms with Crippen molar-refractivity contribution in [1.29, 1.82) is 0 Å². The summed E-state index contributed by atoms with van der Waals surface area (Å²) >= 11 is 13.7. The van der Waals surface area contributed by atoms with Crippen LogP contribution >= 0.6 is 35.0 Å². The highest BCUT2D eigenvalue weighted by molar-refractivity contribution is 8.00. The summed E-state index contributed by atoms with van der Waals surface area (Å²) in [5.41, 5.74) is 2.04. The quantitative estimate of drug-likeness (QED) is 0.146. The van der Waals surface area contributed by atoms with E-state index in [-0.39, 0.29) is 17.4 Å². The molecule has 0 aromatic heterocycles. The van der Waals surface area contributed by atoms with Gasteiger partial charge in [-0.3, -0.25) is 14.4 Å². The fraction of sp³-hybridized carbons (Fsp3) is 0.0333. The molecule has 0 bridgehead atoms. The monoisotopic (exact) mass is 575 g/mol. The summed E-state index contributed by atoms with van der Waals surface area (Å²) in [4.78, 5) is 39.3. The van der Waals surface area contributed by atoms with Gasteiger partial charge in [0, 0.05) is 21.2 Å². The van der Waals surface area contributed by atoms with E-state index in [1.165, 1.54) is 17.8 Å². The molecule has 0 aliphatic carbocycles. The lowest BCUT2D eigenvalue weighted by Crippen LogP contribution is -2.30. The Hall–Kier alpha value is -4.04. The Kier molecular flexibility index (Phi) is 9.80. The van der Waals surface area contributed by atoms with Gasteiger partial charge < -0.3 is 16.0 Å². The number of hydrogen-bond acceptors (Lipinski definition) is 4. The van der Waals surface area contributed by atoms with E-state index in [9.17, 15) is 14.4 Å². The first-order valence-electron chi connectivity index (χ1n) is 11.8. The molecule has 0 saturated heterocycles. The van der Waals surface area contributed by atoms with Gasteiger partial charge in [-0.15, -0.1) is 11.8 Å². The molecule has 0 atom stereocenters. The molecule has 196 valence electrons. The Morgan fingerprint density at radius 2 is 1.44 bits per heavy atom. The summed E-state index contributed by atoms with van der Waals surface area (Å²) in [5, 5.41) is 9.19. The van der Waals surface area contributed by atoms with Crippen LogP contribution in [0.2, 0.25) is 10.0 Å². The number of carbonyl (C=O) groups is 3. The van der Waals surface area contributed by atoms with Crippen LogP contribution in [-0.4, -0.2) is 23.5 Å². The molecule has 6 nitrogen and oxygen atoms in total. The van der Waals surface area contributed by atoms with Crippen LogP contribution in [0.25, 0.3) is 6.08 Å². The number of para-hydroxylation sites is 1. The van der Waals surface area contributed by atoms with Crippen LogP contribution in [0.4, 0.5) is 11.4 Å². The Morgan fingerprint density at radius 3 is 2.18 bits per heavy atom. The first-order valence-corrected chi connectivity index (χ1v) is 13.5. The average molecular weight is 577 g/mol. The maximum absolute atomic E-state index is 13.3. The van der Waals surface area contributed by atoms with Gasteiger partial charge in [0.1, 0.15) is 5.70 Å². The van der Waals surface area contributed by atoms with Crippen molar-refractivity contribution in [3.63, 3.8) is 0 Å². The average Bonchev–Trinajstić information content (AvgIpc) is 2.94. The number of benzene rings is 4. The molecule has 0 radical (unpaired) electrons. The Bertz CT molecular complexity index is 1530. The largest absolute Gasteiger partial charge is 0.324 e. The van der Waals surface area contributed by atoms with E-state index < -0.39 is 11.8 Å². The second-order valence-electron chi connectivity index (χ2n) is 8.20. The molecule has 4 aromatic rings. The van der Waals surface area contributed by atoms with E-state index in [1.807, 2.05) is 6.07 Å².